The average Bonchev–Trinajstić information content (AvgIpc) is 2.52. The highest BCUT2D eigenvalue weighted by Crippen LogP contribution is 2.33. The van der Waals surface area contributed by atoms with E-state index in [1.54, 1.807) is 0 Å². The van der Waals surface area contributed by atoms with E-state index in [1.165, 1.54) is 0 Å². The molecule has 0 spiro atoms. The molecule has 0 saturated carbocycles. The van der Waals surface area contributed by atoms with Crippen molar-refractivity contribution in [3.63, 3.8) is 0 Å². The zero-order valence-electron chi connectivity index (χ0n) is 14.5. The van der Waals surface area contributed by atoms with Gasteiger partial charge in [-0.1, -0.05) is 43.3 Å². The third-order valence-electron chi connectivity index (χ3n) is 3.63. The molecule has 4 nitrogen and oxygen atoms in total. The van der Waals surface area contributed by atoms with Gasteiger partial charge in [-0.25, -0.2) is 0 Å². The summed E-state index contributed by atoms with van der Waals surface area (Å²) in [5.41, 5.74) is 7.39. The SMILES string of the molecule is CC(C)Oc1cc(OCc2ccccc2)ccc1C(C)CC(N)=O. The summed E-state index contributed by atoms with van der Waals surface area (Å²) in [6, 6.07) is 15.7. The smallest absolute Gasteiger partial charge is 0.218 e. The van der Waals surface area contributed by atoms with Crippen molar-refractivity contribution in [1.29, 1.82) is 0 Å². The molecule has 2 rings (SSSR count). The van der Waals surface area contributed by atoms with Gasteiger partial charge in [-0.2, -0.15) is 0 Å². The lowest BCUT2D eigenvalue weighted by molar-refractivity contribution is -0.118. The van der Waals surface area contributed by atoms with Crippen LogP contribution in [0.25, 0.3) is 0 Å². The molecule has 1 unspecified atom stereocenters. The maximum absolute atomic E-state index is 11.2. The Bertz CT molecular complexity index is 668. The highest BCUT2D eigenvalue weighted by atomic mass is 16.5. The number of carbonyl (C=O) groups excluding carboxylic acids is 1. The third-order valence-corrected chi connectivity index (χ3v) is 3.63. The summed E-state index contributed by atoms with van der Waals surface area (Å²) in [6.07, 6.45) is 0.326. The van der Waals surface area contributed by atoms with E-state index in [9.17, 15) is 4.79 Å². The van der Waals surface area contributed by atoms with Gasteiger partial charge in [-0.05, 0) is 37.0 Å². The van der Waals surface area contributed by atoms with Gasteiger partial charge in [0, 0.05) is 12.5 Å². The van der Waals surface area contributed by atoms with Gasteiger partial charge >= 0.3 is 0 Å². The maximum Gasteiger partial charge on any atom is 0.218 e. The quantitative estimate of drug-likeness (QED) is 0.796. The van der Waals surface area contributed by atoms with Crippen LogP contribution in [0.4, 0.5) is 0 Å². The number of amides is 1. The van der Waals surface area contributed by atoms with Crippen molar-refractivity contribution in [2.45, 2.75) is 45.8 Å². The molecule has 0 fully saturated rings. The van der Waals surface area contributed by atoms with Crippen LogP contribution >= 0.6 is 0 Å². The van der Waals surface area contributed by atoms with Gasteiger partial charge in [0.1, 0.15) is 18.1 Å². The Morgan fingerprint density at radius 3 is 2.42 bits per heavy atom. The fourth-order valence-corrected chi connectivity index (χ4v) is 2.52. The molecule has 0 saturated heterocycles. The minimum Gasteiger partial charge on any atom is -0.491 e. The monoisotopic (exact) mass is 327 g/mol. The number of rotatable bonds is 8. The molecule has 128 valence electrons. The first-order valence-electron chi connectivity index (χ1n) is 8.21. The van der Waals surface area contributed by atoms with Crippen LogP contribution in [0.2, 0.25) is 0 Å². The van der Waals surface area contributed by atoms with Crippen LogP contribution in [0.1, 0.15) is 44.2 Å². The Morgan fingerprint density at radius 1 is 1.08 bits per heavy atom. The van der Waals surface area contributed by atoms with Crippen molar-refractivity contribution in [1.82, 2.24) is 0 Å². The number of nitrogens with two attached hydrogens (primary N) is 1. The van der Waals surface area contributed by atoms with E-state index in [2.05, 4.69) is 0 Å². The first-order chi connectivity index (χ1) is 11.5. The normalized spacial score (nSPS) is 12.0. The molecule has 2 aromatic carbocycles. The van der Waals surface area contributed by atoms with E-state index in [1.807, 2.05) is 69.3 Å². The van der Waals surface area contributed by atoms with Gasteiger partial charge in [0.15, 0.2) is 0 Å². The van der Waals surface area contributed by atoms with Crippen LogP contribution in [-0.4, -0.2) is 12.0 Å². The molecule has 0 aliphatic rings. The predicted molar refractivity (Wildman–Crippen MR) is 95.2 cm³/mol. The van der Waals surface area contributed by atoms with E-state index in [-0.39, 0.29) is 17.9 Å². The zero-order valence-corrected chi connectivity index (χ0v) is 14.5. The van der Waals surface area contributed by atoms with Crippen LogP contribution in [-0.2, 0) is 11.4 Å². The molecule has 24 heavy (non-hydrogen) atoms. The van der Waals surface area contributed by atoms with Gasteiger partial charge in [0.05, 0.1) is 6.10 Å². The first kappa shape index (κ1) is 17.9. The standard InChI is InChI=1S/C20H25NO3/c1-14(2)24-19-12-17(23-13-16-7-5-4-6-8-16)9-10-18(19)15(3)11-20(21)22/h4-10,12,14-15H,11,13H2,1-3H3,(H2,21,22). The van der Waals surface area contributed by atoms with Crippen molar-refractivity contribution < 1.29 is 14.3 Å². The average molecular weight is 327 g/mol. The Labute approximate surface area is 143 Å². The summed E-state index contributed by atoms with van der Waals surface area (Å²) < 4.78 is 11.8. The Morgan fingerprint density at radius 2 is 1.79 bits per heavy atom. The summed E-state index contributed by atoms with van der Waals surface area (Å²) in [6.45, 7) is 6.41. The fraction of sp³-hybridized carbons (Fsp3) is 0.350. The van der Waals surface area contributed by atoms with Crippen molar-refractivity contribution in [3.8, 4) is 11.5 Å². The highest BCUT2D eigenvalue weighted by Gasteiger charge is 2.16. The number of primary amides is 1. The van der Waals surface area contributed by atoms with Crippen LogP contribution in [0.5, 0.6) is 11.5 Å². The van der Waals surface area contributed by atoms with Crippen LogP contribution in [0, 0.1) is 0 Å². The van der Waals surface area contributed by atoms with Crippen molar-refractivity contribution in [2.75, 3.05) is 0 Å². The summed E-state index contributed by atoms with van der Waals surface area (Å²) in [5.74, 6) is 1.16. The lowest BCUT2D eigenvalue weighted by Crippen LogP contribution is -2.15. The molecule has 4 heteroatoms. The highest BCUT2D eigenvalue weighted by molar-refractivity contribution is 5.75. The minimum absolute atomic E-state index is 0.000534. The fourth-order valence-electron chi connectivity index (χ4n) is 2.52. The molecule has 2 aromatic rings. The van der Waals surface area contributed by atoms with Gasteiger partial charge < -0.3 is 15.2 Å². The lowest BCUT2D eigenvalue weighted by Gasteiger charge is -2.19. The molecular weight excluding hydrogens is 302 g/mol. The predicted octanol–water partition coefficient (Wildman–Crippen LogP) is 4.03. The molecule has 0 radical (unpaired) electrons. The summed E-state index contributed by atoms with van der Waals surface area (Å²) in [4.78, 5) is 11.2. The molecule has 0 aliphatic carbocycles. The lowest BCUT2D eigenvalue weighted by atomic mass is 9.96. The molecule has 0 bridgehead atoms. The molecule has 1 atom stereocenters. The first-order valence-corrected chi connectivity index (χ1v) is 8.21. The topological polar surface area (TPSA) is 61.6 Å². The molecule has 0 heterocycles. The van der Waals surface area contributed by atoms with Crippen molar-refractivity contribution in [2.24, 2.45) is 5.73 Å². The van der Waals surface area contributed by atoms with E-state index in [0.29, 0.717) is 13.0 Å². The van der Waals surface area contributed by atoms with Crippen molar-refractivity contribution in [3.05, 3.63) is 59.7 Å². The number of ether oxygens (including phenoxy) is 2. The van der Waals surface area contributed by atoms with E-state index >= 15 is 0 Å². The van der Waals surface area contributed by atoms with Crippen molar-refractivity contribution >= 4 is 5.91 Å². The zero-order chi connectivity index (χ0) is 17.5. The van der Waals surface area contributed by atoms with Crippen LogP contribution < -0.4 is 15.2 Å². The number of carbonyl (C=O) groups is 1. The van der Waals surface area contributed by atoms with E-state index < -0.39 is 0 Å². The molecule has 1 amide bonds. The second kappa shape index (κ2) is 8.39. The summed E-state index contributed by atoms with van der Waals surface area (Å²) >= 11 is 0. The van der Waals surface area contributed by atoms with Crippen LogP contribution in [0.15, 0.2) is 48.5 Å². The van der Waals surface area contributed by atoms with Gasteiger partial charge in [0.2, 0.25) is 5.91 Å². The molecule has 2 N–H and O–H groups in total. The summed E-state index contributed by atoms with van der Waals surface area (Å²) in [7, 11) is 0. The number of hydrogen-bond donors (Lipinski definition) is 1. The minimum atomic E-state index is -0.317. The molecule has 0 aromatic heterocycles. The Hall–Kier alpha value is -2.49. The van der Waals surface area contributed by atoms with E-state index in [4.69, 9.17) is 15.2 Å². The molecule has 0 aliphatic heterocycles. The van der Waals surface area contributed by atoms with Crippen LogP contribution in [0.3, 0.4) is 0 Å². The maximum atomic E-state index is 11.2. The third kappa shape index (κ3) is 5.30. The summed E-state index contributed by atoms with van der Waals surface area (Å²) in [5, 5.41) is 0. The Balaban J connectivity index is 2.17. The number of hydrogen-bond acceptors (Lipinski definition) is 3. The van der Waals surface area contributed by atoms with E-state index in [0.717, 1.165) is 22.6 Å². The number of benzene rings is 2. The Kier molecular flexibility index (Phi) is 6.24. The van der Waals surface area contributed by atoms with Gasteiger partial charge in [-0.3, -0.25) is 4.79 Å². The van der Waals surface area contributed by atoms with Gasteiger partial charge in [-0.15, -0.1) is 0 Å². The second-order valence-corrected chi connectivity index (χ2v) is 6.21. The largest absolute Gasteiger partial charge is 0.491 e. The van der Waals surface area contributed by atoms with Gasteiger partial charge in [0.25, 0.3) is 0 Å². The molecular formula is C20H25NO3. The second-order valence-electron chi connectivity index (χ2n) is 6.21.